The van der Waals surface area contributed by atoms with E-state index >= 15 is 0 Å². The maximum absolute atomic E-state index is 13.5. The zero-order valence-electron chi connectivity index (χ0n) is 10.2. The van der Waals surface area contributed by atoms with Crippen molar-refractivity contribution in [1.82, 2.24) is 4.98 Å². The van der Waals surface area contributed by atoms with Gasteiger partial charge in [0.2, 0.25) is 0 Å². The SMILES string of the molecule is CCOC(=O)c1ccc(-c2c(F)cncc2F)cc1. The standard InChI is InChI=1S/C14H11F2NO2/c1-2-19-14(18)10-5-3-9(4-6-10)13-11(15)7-17-8-12(13)16/h3-8H,2H2,1H3. The van der Waals surface area contributed by atoms with Crippen LogP contribution in [0.2, 0.25) is 0 Å². The molecule has 5 heteroatoms. The van der Waals surface area contributed by atoms with E-state index in [1.54, 1.807) is 6.92 Å². The monoisotopic (exact) mass is 263 g/mol. The maximum Gasteiger partial charge on any atom is 0.338 e. The van der Waals surface area contributed by atoms with Crippen LogP contribution in [0.3, 0.4) is 0 Å². The molecular weight excluding hydrogens is 252 g/mol. The number of halogens is 2. The first-order valence-corrected chi connectivity index (χ1v) is 5.70. The zero-order chi connectivity index (χ0) is 13.8. The van der Waals surface area contributed by atoms with Crippen LogP contribution in [-0.2, 0) is 4.74 Å². The van der Waals surface area contributed by atoms with Crippen molar-refractivity contribution in [3.8, 4) is 11.1 Å². The van der Waals surface area contributed by atoms with Gasteiger partial charge in [0.05, 0.1) is 30.1 Å². The average molecular weight is 263 g/mol. The van der Waals surface area contributed by atoms with Gasteiger partial charge in [0.25, 0.3) is 0 Å². The van der Waals surface area contributed by atoms with E-state index in [0.717, 1.165) is 12.4 Å². The van der Waals surface area contributed by atoms with E-state index in [2.05, 4.69) is 4.98 Å². The van der Waals surface area contributed by atoms with Gasteiger partial charge in [-0.25, -0.2) is 13.6 Å². The highest BCUT2D eigenvalue weighted by Crippen LogP contribution is 2.25. The smallest absolute Gasteiger partial charge is 0.338 e. The number of rotatable bonds is 3. The fourth-order valence-corrected chi connectivity index (χ4v) is 1.67. The number of carbonyl (C=O) groups excluding carboxylic acids is 1. The molecule has 3 nitrogen and oxygen atoms in total. The summed E-state index contributed by atoms with van der Waals surface area (Å²) in [6.07, 6.45) is 1.88. The largest absolute Gasteiger partial charge is 0.462 e. The fourth-order valence-electron chi connectivity index (χ4n) is 1.67. The Balaban J connectivity index is 2.35. The average Bonchev–Trinajstić information content (AvgIpc) is 2.39. The number of esters is 1. The molecule has 0 amide bonds. The highest BCUT2D eigenvalue weighted by atomic mass is 19.1. The molecule has 0 fully saturated rings. The second kappa shape index (κ2) is 5.56. The number of ether oxygens (including phenoxy) is 1. The van der Waals surface area contributed by atoms with E-state index in [4.69, 9.17) is 4.74 Å². The quantitative estimate of drug-likeness (QED) is 0.798. The minimum atomic E-state index is -0.746. The molecular formula is C14H11F2NO2. The van der Waals surface area contributed by atoms with Crippen molar-refractivity contribution in [2.45, 2.75) is 6.92 Å². The molecule has 0 unspecified atom stereocenters. The molecule has 0 saturated heterocycles. The van der Waals surface area contributed by atoms with E-state index in [1.807, 2.05) is 0 Å². The number of nitrogens with zero attached hydrogens (tertiary/aromatic N) is 1. The first-order chi connectivity index (χ1) is 9.13. The molecule has 0 atom stereocenters. The maximum atomic E-state index is 13.5. The van der Waals surface area contributed by atoms with E-state index < -0.39 is 17.6 Å². The number of hydrogen-bond donors (Lipinski definition) is 0. The van der Waals surface area contributed by atoms with Gasteiger partial charge >= 0.3 is 5.97 Å². The number of hydrogen-bond acceptors (Lipinski definition) is 3. The first kappa shape index (κ1) is 13.1. The van der Waals surface area contributed by atoms with E-state index in [1.165, 1.54) is 24.3 Å². The summed E-state index contributed by atoms with van der Waals surface area (Å²) in [6, 6.07) is 5.86. The first-order valence-electron chi connectivity index (χ1n) is 5.70. The summed E-state index contributed by atoms with van der Waals surface area (Å²) in [5, 5.41) is 0. The van der Waals surface area contributed by atoms with Crippen molar-refractivity contribution in [3.05, 3.63) is 53.9 Å². The van der Waals surface area contributed by atoms with E-state index in [-0.39, 0.29) is 12.2 Å². The van der Waals surface area contributed by atoms with Crippen LogP contribution in [0.25, 0.3) is 11.1 Å². The predicted molar refractivity (Wildman–Crippen MR) is 65.5 cm³/mol. The molecule has 2 aromatic rings. The lowest BCUT2D eigenvalue weighted by atomic mass is 10.0. The Kier molecular flexibility index (Phi) is 3.85. The summed E-state index contributed by atoms with van der Waals surface area (Å²) < 4.78 is 31.9. The molecule has 0 saturated carbocycles. The number of benzene rings is 1. The third-order valence-corrected chi connectivity index (χ3v) is 2.54. The lowest BCUT2D eigenvalue weighted by Crippen LogP contribution is -2.04. The van der Waals surface area contributed by atoms with Crippen LogP contribution in [0.5, 0.6) is 0 Å². The van der Waals surface area contributed by atoms with Gasteiger partial charge < -0.3 is 4.74 Å². The second-order valence-corrected chi connectivity index (χ2v) is 3.78. The van der Waals surface area contributed by atoms with Crippen molar-refractivity contribution < 1.29 is 18.3 Å². The molecule has 1 heterocycles. The second-order valence-electron chi connectivity index (χ2n) is 3.78. The van der Waals surface area contributed by atoms with Crippen LogP contribution < -0.4 is 0 Å². The molecule has 0 aliphatic heterocycles. The van der Waals surface area contributed by atoms with Crippen LogP contribution in [0.15, 0.2) is 36.7 Å². The summed E-state index contributed by atoms with van der Waals surface area (Å²) >= 11 is 0. The molecule has 0 N–H and O–H groups in total. The summed E-state index contributed by atoms with van der Waals surface area (Å²) in [6.45, 7) is 1.97. The van der Waals surface area contributed by atoms with Crippen LogP contribution in [0.1, 0.15) is 17.3 Å². The predicted octanol–water partition coefficient (Wildman–Crippen LogP) is 3.20. The third kappa shape index (κ3) is 2.76. The molecule has 98 valence electrons. The van der Waals surface area contributed by atoms with Gasteiger partial charge in [-0.05, 0) is 24.6 Å². The molecule has 0 aliphatic rings. The molecule has 19 heavy (non-hydrogen) atoms. The minimum absolute atomic E-state index is 0.162. The van der Waals surface area contributed by atoms with Gasteiger partial charge in [-0.15, -0.1) is 0 Å². The highest BCUT2D eigenvalue weighted by Gasteiger charge is 2.12. The normalized spacial score (nSPS) is 10.3. The molecule has 0 radical (unpaired) electrons. The Morgan fingerprint density at radius 1 is 1.16 bits per heavy atom. The molecule has 0 aliphatic carbocycles. The molecule has 2 rings (SSSR count). The summed E-state index contributed by atoms with van der Waals surface area (Å²) in [4.78, 5) is 14.9. The number of pyridine rings is 1. The van der Waals surface area contributed by atoms with Gasteiger partial charge in [-0.3, -0.25) is 4.98 Å². The van der Waals surface area contributed by atoms with Crippen molar-refractivity contribution in [2.75, 3.05) is 6.61 Å². The van der Waals surface area contributed by atoms with Gasteiger partial charge in [0, 0.05) is 0 Å². The lowest BCUT2D eigenvalue weighted by molar-refractivity contribution is 0.0526. The van der Waals surface area contributed by atoms with Gasteiger partial charge in [0.15, 0.2) is 11.6 Å². The van der Waals surface area contributed by atoms with Crippen molar-refractivity contribution in [2.24, 2.45) is 0 Å². The highest BCUT2D eigenvalue weighted by molar-refractivity contribution is 5.90. The van der Waals surface area contributed by atoms with Crippen LogP contribution >= 0.6 is 0 Å². The van der Waals surface area contributed by atoms with Crippen LogP contribution in [-0.4, -0.2) is 17.6 Å². The Morgan fingerprint density at radius 3 is 2.26 bits per heavy atom. The Morgan fingerprint density at radius 2 is 1.74 bits per heavy atom. The molecule has 0 spiro atoms. The topological polar surface area (TPSA) is 39.2 Å². The number of carbonyl (C=O) groups is 1. The Labute approximate surface area is 108 Å². The third-order valence-electron chi connectivity index (χ3n) is 2.54. The van der Waals surface area contributed by atoms with Crippen molar-refractivity contribution >= 4 is 5.97 Å². The van der Waals surface area contributed by atoms with E-state index in [9.17, 15) is 13.6 Å². The van der Waals surface area contributed by atoms with Gasteiger partial charge in [-0.2, -0.15) is 0 Å². The minimum Gasteiger partial charge on any atom is -0.462 e. The zero-order valence-corrected chi connectivity index (χ0v) is 10.2. The van der Waals surface area contributed by atoms with Crippen LogP contribution in [0.4, 0.5) is 8.78 Å². The van der Waals surface area contributed by atoms with Crippen molar-refractivity contribution in [1.29, 1.82) is 0 Å². The fraction of sp³-hybridized carbons (Fsp3) is 0.143. The Hall–Kier alpha value is -2.30. The van der Waals surface area contributed by atoms with Crippen molar-refractivity contribution in [3.63, 3.8) is 0 Å². The lowest BCUT2D eigenvalue weighted by Gasteiger charge is -2.06. The Bertz CT molecular complexity index is 577. The summed E-state index contributed by atoms with van der Waals surface area (Å²) in [5.41, 5.74) is 0.510. The van der Waals surface area contributed by atoms with Gasteiger partial charge in [0.1, 0.15) is 0 Å². The molecule has 1 aromatic carbocycles. The van der Waals surface area contributed by atoms with Gasteiger partial charge in [-0.1, -0.05) is 12.1 Å². The van der Waals surface area contributed by atoms with Crippen LogP contribution in [0, 0.1) is 11.6 Å². The summed E-state index contributed by atoms with van der Waals surface area (Å²) in [5.74, 6) is -1.96. The summed E-state index contributed by atoms with van der Waals surface area (Å²) in [7, 11) is 0. The number of aromatic nitrogens is 1. The molecule has 1 aromatic heterocycles. The van der Waals surface area contributed by atoms with E-state index in [0.29, 0.717) is 11.1 Å². The molecule has 0 bridgehead atoms.